The number of aliphatic hydroxyl groups is 1. The van der Waals surface area contributed by atoms with E-state index in [1.807, 2.05) is 58.9 Å². The fourth-order valence-electron chi connectivity index (χ4n) is 8.36. The van der Waals surface area contributed by atoms with Crippen LogP contribution in [0.15, 0.2) is 66.2 Å². The predicted octanol–water partition coefficient (Wildman–Crippen LogP) is 6.94. The highest BCUT2D eigenvalue weighted by Crippen LogP contribution is 2.32. The van der Waals surface area contributed by atoms with Gasteiger partial charge in [-0.15, -0.1) is 16.4 Å². The van der Waals surface area contributed by atoms with E-state index in [0.29, 0.717) is 41.5 Å². The van der Waals surface area contributed by atoms with Gasteiger partial charge in [-0.3, -0.25) is 24.0 Å². The zero-order chi connectivity index (χ0) is 51.4. The third-order valence-corrected chi connectivity index (χ3v) is 13.4. The van der Waals surface area contributed by atoms with Gasteiger partial charge in [-0.05, 0) is 86.4 Å². The molecular formula is C52H67N9O9S. The van der Waals surface area contributed by atoms with E-state index in [2.05, 4.69) is 43.5 Å². The Morgan fingerprint density at radius 2 is 1.66 bits per heavy atom. The summed E-state index contributed by atoms with van der Waals surface area (Å²) >= 11 is 1.56. The minimum Gasteiger partial charge on any atom is -0.497 e. The molecule has 0 aliphatic carbocycles. The lowest BCUT2D eigenvalue weighted by Gasteiger charge is -2.35. The Morgan fingerprint density at radius 3 is 2.32 bits per heavy atom. The van der Waals surface area contributed by atoms with Crippen molar-refractivity contribution in [2.45, 2.75) is 124 Å². The first-order valence-electron chi connectivity index (χ1n) is 24.1. The maximum Gasteiger partial charge on any atom is 0.278 e. The van der Waals surface area contributed by atoms with Gasteiger partial charge in [0.25, 0.3) is 11.8 Å². The average molecular weight is 994 g/mol. The monoisotopic (exact) mass is 993 g/mol. The smallest absolute Gasteiger partial charge is 0.278 e. The number of benzene rings is 3. The van der Waals surface area contributed by atoms with Crippen LogP contribution in [0, 0.1) is 19.3 Å². The zero-order valence-corrected chi connectivity index (χ0v) is 42.9. The van der Waals surface area contributed by atoms with Crippen LogP contribution >= 0.6 is 11.3 Å². The zero-order valence-electron chi connectivity index (χ0n) is 42.1. The minimum absolute atomic E-state index is 0.0344. The van der Waals surface area contributed by atoms with Crippen molar-refractivity contribution in [2.75, 3.05) is 32.6 Å². The summed E-state index contributed by atoms with van der Waals surface area (Å²) in [4.78, 5) is 75.2. The molecule has 6 rings (SSSR count). The normalized spacial score (nSPS) is 15.4. The van der Waals surface area contributed by atoms with Crippen LogP contribution in [0.5, 0.6) is 17.2 Å². The molecule has 380 valence electrons. The summed E-state index contributed by atoms with van der Waals surface area (Å²) in [6, 6.07) is 16.0. The summed E-state index contributed by atoms with van der Waals surface area (Å²) < 4.78 is 18.8. The lowest BCUT2D eigenvalue weighted by Crippen LogP contribution is -2.57. The van der Waals surface area contributed by atoms with Gasteiger partial charge in [-0.25, -0.2) is 9.67 Å². The Bertz CT molecular complexity index is 2660. The second-order valence-corrected chi connectivity index (χ2v) is 19.6. The Morgan fingerprint density at radius 1 is 0.915 bits per heavy atom. The van der Waals surface area contributed by atoms with Crippen molar-refractivity contribution < 1.29 is 43.3 Å². The number of β-amino-alcohol motifs (C(OH)–C–C–N with tert-alkyl or cyclic N) is 1. The fraction of sp³-hybridized carbons (Fsp3) is 0.462. The van der Waals surface area contributed by atoms with E-state index in [1.165, 1.54) is 16.7 Å². The van der Waals surface area contributed by atoms with Crippen LogP contribution in [0.4, 0.5) is 5.69 Å². The summed E-state index contributed by atoms with van der Waals surface area (Å²) in [7, 11) is 3.08. The number of rotatable bonds is 22. The quantitative estimate of drug-likeness (QED) is 0.0444. The standard InChI is InChI=1S/C52H67N9O9S/c1-10-14-37(11-2)70-42-22-20-35(25-39(42)56-50(66)45-32(4)61(59-58-45)40-27-38(68-8)21-23-43(40)69-9)48(64)53-24-13-12-15-44(63)57-47(52(5,6)7)51(67)60-29-36(62)26-41(60)49(65)54-28-33-16-18-34(19-17-33)46-31(3)55-30-71-46/h16-23,25,27,30,36-37,41,47,62H,10-15,24,26,28-29H2,1-9H3,(H,53,64)(H,54,65)(H,56,66)(H,57,63)/t36-,37+,41+,47-/m1/s1. The Kier molecular flexibility index (Phi) is 18.3. The van der Waals surface area contributed by atoms with Crippen molar-refractivity contribution in [2.24, 2.45) is 5.41 Å². The van der Waals surface area contributed by atoms with Gasteiger partial charge in [-0.1, -0.05) is 70.5 Å². The number of carbonyl (C=O) groups excluding carboxylic acids is 5. The third kappa shape index (κ3) is 13.5. The van der Waals surface area contributed by atoms with Crippen molar-refractivity contribution in [1.82, 2.24) is 40.8 Å². The Balaban J connectivity index is 1.03. The summed E-state index contributed by atoms with van der Waals surface area (Å²) in [5, 5.41) is 30.7. The summed E-state index contributed by atoms with van der Waals surface area (Å²) in [5.74, 6) is -0.682. The van der Waals surface area contributed by atoms with E-state index in [9.17, 15) is 29.1 Å². The number of hydrogen-bond donors (Lipinski definition) is 5. The Labute approximate surface area is 419 Å². The molecule has 1 saturated heterocycles. The number of aryl methyl sites for hydroxylation is 1. The molecule has 3 heterocycles. The number of carbonyl (C=O) groups is 5. The SMILES string of the molecule is CCC[C@H](CC)Oc1ccc(C(=O)NCCCCC(=O)N[C@H](C(=O)N2C[C@H](O)C[C@H]2C(=O)NCc2ccc(-c3scnc3C)cc2)C(C)(C)C)cc1NC(=O)c1nnn(-c2cc(OC)ccc2OC)c1C. The Hall–Kier alpha value is -6.86. The number of ether oxygens (including phenoxy) is 3. The number of nitrogens with zero attached hydrogens (tertiary/aromatic N) is 5. The second-order valence-electron chi connectivity index (χ2n) is 18.7. The minimum atomic E-state index is -0.971. The van der Waals surface area contributed by atoms with Gasteiger partial charge in [0.2, 0.25) is 17.7 Å². The first-order valence-corrected chi connectivity index (χ1v) is 24.9. The molecule has 5 amide bonds. The van der Waals surface area contributed by atoms with E-state index in [4.69, 9.17) is 14.2 Å². The predicted molar refractivity (Wildman–Crippen MR) is 271 cm³/mol. The highest BCUT2D eigenvalue weighted by molar-refractivity contribution is 7.13. The molecule has 1 aliphatic rings. The summed E-state index contributed by atoms with van der Waals surface area (Å²) in [6.07, 6.45) is 2.42. The highest BCUT2D eigenvalue weighted by Gasteiger charge is 2.44. The van der Waals surface area contributed by atoms with E-state index in [-0.39, 0.29) is 67.3 Å². The molecule has 71 heavy (non-hydrogen) atoms. The van der Waals surface area contributed by atoms with Crippen molar-refractivity contribution in [1.29, 1.82) is 0 Å². The molecule has 5 aromatic rings. The number of amides is 5. The topological polar surface area (TPSA) is 228 Å². The summed E-state index contributed by atoms with van der Waals surface area (Å²) in [5.41, 5.74) is 5.54. The van der Waals surface area contributed by atoms with E-state index in [1.54, 1.807) is 67.3 Å². The maximum atomic E-state index is 14.1. The molecule has 5 N–H and O–H groups in total. The van der Waals surface area contributed by atoms with Crippen LogP contribution in [-0.2, 0) is 20.9 Å². The molecule has 19 heteroatoms. The van der Waals surface area contributed by atoms with Gasteiger partial charge in [0, 0.05) is 44.1 Å². The van der Waals surface area contributed by atoms with E-state index >= 15 is 0 Å². The molecule has 4 atom stereocenters. The number of likely N-dealkylation sites (tertiary alicyclic amines) is 1. The number of aliphatic hydroxyl groups excluding tert-OH is 1. The number of anilines is 1. The van der Waals surface area contributed by atoms with Gasteiger partial charge < -0.3 is 45.5 Å². The first-order chi connectivity index (χ1) is 33.9. The van der Waals surface area contributed by atoms with Crippen molar-refractivity contribution in [3.8, 4) is 33.4 Å². The molecule has 1 fully saturated rings. The van der Waals surface area contributed by atoms with Crippen LogP contribution < -0.4 is 35.5 Å². The molecule has 3 aromatic carbocycles. The van der Waals surface area contributed by atoms with Gasteiger partial charge >= 0.3 is 0 Å². The lowest BCUT2D eigenvalue weighted by atomic mass is 9.85. The first kappa shape index (κ1) is 53.5. The van der Waals surface area contributed by atoms with E-state index < -0.39 is 41.3 Å². The lowest BCUT2D eigenvalue weighted by molar-refractivity contribution is -0.144. The third-order valence-electron chi connectivity index (χ3n) is 12.4. The molecule has 0 radical (unpaired) electrons. The molecule has 0 bridgehead atoms. The molecule has 18 nitrogen and oxygen atoms in total. The van der Waals surface area contributed by atoms with Crippen LogP contribution in [0.3, 0.4) is 0 Å². The molecule has 0 saturated carbocycles. The van der Waals surface area contributed by atoms with Gasteiger partial charge in [0.15, 0.2) is 5.69 Å². The number of nitrogens with one attached hydrogen (secondary N) is 4. The molecule has 1 aliphatic heterocycles. The van der Waals surface area contributed by atoms with Gasteiger partial charge in [0.1, 0.15) is 35.0 Å². The van der Waals surface area contributed by atoms with Crippen molar-refractivity contribution >= 4 is 46.6 Å². The number of aromatic nitrogens is 4. The van der Waals surface area contributed by atoms with Crippen LogP contribution in [0.1, 0.15) is 117 Å². The number of methoxy groups -OCH3 is 2. The molecular weight excluding hydrogens is 927 g/mol. The van der Waals surface area contributed by atoms with Crippen LogP contribution in [-0.4, -0.2) is 111 Å². The largest absolute Gasteiger partial charge is 0.497 e. The number of hydrogen-bond acceptors (Lipinski definition) is 13. The molecule has 2 aromatic heterocycles. The average Bonchev–Trinajstić information content (AvgIpc) is 4.09. The fourth-order valence-corrected chi connectivity index (χ4v) is 9.17. The molecule has 0 unspecified atom stereocenters. The van der Waals surface area contributed by atoms with Crippen molar-refractivity contribution in [3.63, 3.8) is 0 Å². The van der Waals surface area contributed by atoms with Crippen molar-refractivity contribution in [3.05, 3.63) is 94.4 Å². The number of unbranched alkanes of at least 4 members (excludes halogenated alkanes) is 1. The van der Waals surface area contributed by atoms with Gasteiger partial charge in [-0.2, -0.15) is 0 Å². The van der Waals surface area contributed by atoms with E-state index in [0.717, 1.165) is 41.0 Å². The number of thiazole rings is 1. The summed E-state index contributed by atoms with van der Waals surface area (Å²) in [6.45, 7) is 13.7. The molecule has 0 spiro atoms. The maximum absolute atomic E-state index is 14.1. The van der Waals surface area contributed by atoms with Gasteiger partial charge in [0.05, 0.1) is 53.9 Å². The second kappa shape index (κ2) is 24.3. The van der Waals surface area contributed by atoms with Crippen LogP contribution in [0.25, 0.3) is 16.1 Å². The van der Waals surface area contributed by atoms with Crippen LogP contribution in [0.2, 0.25) is 0 Å². The highest BCUT2D eigenvalue weighted by atomic mass is 32.1.